The Morgan fingerprint density at radius 3 is 0.556 bits per heavy atom. The molecule has 0 amide bonds. The van der Waals surface area contributed by atoms with Crippen LogP contribution in [-0.2, 0) is 0 Å². The van der Waals surface area contributed by atoms with Crippen molar-refractivity contribution in [1.29, 1.82) is 0 Å². The molecule has 0 heterocycles. The fourth-order valence-electron chi connectivity index (χ4n) is 9.06. The minimum atomic E-state index is 0.124. The van der Waals surface area contributed by atoms with Crippen molar-refractivity contribution in [3.8, 4) is 0 Å². The predicted octanol–water partition coefficient (Wildman–Crippen LogP) is 19.8. The van der Waals surface area contributed by atoms with Crippen LogP contribution in [0.15, 0.2) is 5.16 Å². The lowest BCUT2D eigenvalue weighted by atomic mass is 9.75. The van der Waals surface area contributed by atoms with Crippen LogP contribution in [0.4, 0.5) is 0 Å². The summed E-state index contributed by atoms with van der Waals surface area (Å²) in [6.07, 6.45) is 68.1. The van der Waals surface area contributed by atoms with Crippen LogP contribution >= 0.6 is 0 Å². The van der Waals surface area contributed by atoms with Crippen LogP contribution in [0.1, 0.15) is 323 Å². The third kappa shape index (κ3) is 41.1. The van der Waals surface area contributed by atoms with Gasteiger partial charge < -0.3 is 5.21 Å². The van der Waals surface area contributed by atoms with E-state index >= 15 is 0 Å². The first kappa shape index (κ1) is 53.5. The van der Waals surface area contributed by atoms with E-state index in [-0.39, 0.29) is 5.41 Å². The molecule has 54 heavy (non-hydrogen) atoms. The van der Waals surface area contributed by atoms with Gasteiger partial charge in [0.15, 0.2) is 0 Å². The topological polar surface area (TPSA) is 32.6 Å². The standard InChI is InChI=1S/C52H105NO/c1-4-7-10-13-16-19-22-25-28-31-34-37-40-43-46-49-52(51-53-54,48-45-42-39-36-33-30-27-24-21-18-15-12-9-6-3)50-47-44-41-38-35-32-29-26-23-20-17-14-11-8-5-2/h51,54H,4-50H2,1-3H3. The zero-order valence-electron chi connectivity index (χ0n) is 38.2. The van der Waals surface area contributed by atoms with E-state index in [1.165, 1.54) is 302 Å². The average molecular weight is 760 g/mol. The summed E-state index contributed by atoms with van der Waals surface area (Å²) in [4.78, 5) is 0. The second kappa shape index (κ2) is 46.8. The number of nitrogens with zero attached hydrogens (tertiary/aromatic N) is 1. The van der Waals surface area contributed by atoms with Crippen LogP contribution in [-0.4, -0.2) is 11.4 Å². The molecule has 0 saturated carbocycles. The minimum Gasteiger partial charge on any atom is -0.411 e. The van der Waals surface area contributed by atoms with E-state index in [0.717, 1.165) is 0 Å². The summed E-state index contributed by atoms with van der Waals surface area (Å²) < 4.78 is 0. The van der Waals surface area contributed by atoms with Crippen molar-refractivity contribution in [3.05, 3.63) is 0 Å². The Morgan fingerprint density at radius 2 is 0.407 bits per heavy atom. The van der Waals surface area contributed by atoms with Crippen LogP contribution < -0.4 is 0 Å². The van der Waals surface area contributed by atoms with Crippen molar-refractivity contribution in [2.45, 2.75) is 323 Å². The summed E-state index contributed by atoms with van der Waals surface area (Å²) in [6, 6.07) is 0. The molecule has 324 valence electrons. The molecule has 0 spiro atoms. The Kier molecular flexibility index (Phi) is 46.4. The third-order valence-corrected chi connectivity index (χ3v) is 12.9. The van der Waals surface area contributed by atoms with Crippen LogP contribution in [0.3, 0.4) is 0 Å². The molecular formula is C52H105NO. The first-order valence-corrected chi connectivity index (χ1v) is 25.9. The highest BCUT2D eigenvalue weighted by atomic mass is 16.4. The molecule has 0 aromatic heterocycles. The molecule has 0 aliphatic heterocycles. The van der Waals surface area contributed by atoms with Gasteiger partial charge in [-0.1, -0.05) is 303 Å². The van der Waals surface area contributed by atoms with Crippen molar-refractivity contribution in [3.63, 3.8) is 0 Å². The van der Waals surface area contributed by atoms with Gasteiger partial charge in [0.1, 0.15) is 0 Å². The number of hydrogen-bond acceptors (Lipinski definition) is 2. The molecule has 0 fully saturated rings. The van der Waals surface area contributed by atoms with E-state index < -0.39 is 0 Å². The van der Waals surface area contributed by atoms with Crippen LogP contribution in [0, 0.1) is 5.41 Å². The van der Waals surface area contributed by atoms with E-state index in [1.807, 2.05) is 6.21 Å². The van der Waals surface area contributed by atoms with E-state index in [4.69, 9.17) is 0 Å². The molecule has 0 aromatic rings. The maximum atomic E-state index is 9.84. The van der Waals surface area contributed by atoms with Gasteiger partial charge >= 0.3 is 0 Å². The highest BCUT2D eigenvalue weighted by molar-refractivity contribution is 5.65. The highest BCUT2D eigenvalue weighted by Crippen LogP contribution is 2.36. The second-order valence-electron chi connectivity index (χ2n) is 18.4. The SMILES string of the molecule is CCCCCCCCCCCCCCCCCC(C=NO)(CCCCCCCCCCCCCCCC)CCCCCCCCCCCCCCCCC. The fourth-order valence-corrected chi connectivity index (χ4v) is 9.06. The van der Waals surface area contributed by atoms with Gasteiger partial charge in [-0.2, -0.15) is 0 Å². The molecule has 0 atom stereocenters. The molecule has 0 aliphatic rings. The minimum absolute atomic E-state index is 0.124. The second-order valence-corrected chi connectivity index (χ2v) is 18.4. The van der Waals surface area contributed by atoms with E-state index in [0.29, 0.717) is 0 Å². The smallest absolute Gasteiger partial charge is 0.0497 e. The number of unbranched alkanes of at least 4 members (excludes halogenated alkanes) is 41. The monoisotopic (exact) mass is 760 g/mol. The lowest BCUT2D eigenvalue weighted by Gasteiger charge is -2.30. The molecule has 0 aliphatic carbocycles. The first-order chi connectivity index (χ1) is 26.7. The van der Waals surface area contributed by atoms with Crippen molar-refractivity contribution in [2.75, 3.05) is 0 Å². The van der Waals surface area contributed by atoms with E-state index in [1.54, 1.807) is 0 Å². The van der Waals surface area contributed by atoms with Gasteiger partial charge in [0.25, 0.3) is 0 Å². The van der Waals surface area contributed by atoms with E-state index in [2.05, 4.69) is 25.9 Å². The van der Waals surface area contributed by atoms with Gasteiger partial charge in [-0.15, -0.1) is 5.16 Å². The maximum Gasteiger partial charge on any atom is 0.0497 e. The summed E-state index contributed by atoms with van der Waals surface area (Å²) in [6.45, 7) is 6.93. The summed E-state index contributed by atoms with van der Waals surface area (Å²) in [5.74, 6) is 0. The molecule has 0 radical (unpaired) electrons. The van der Waals surface area contributed by atoms with Gasteiger partial charge in [0.2, 0.25) is 0 Å². The molecule has 0 rings (SSSR count). The molecule has 2 heteroatoms. The first-order valence-electron chi connectivity index (χ1n) is 25.9. The number of oxime groups is 1. The summed E-state index contributed by atoms with van der Waals surface area (Å²) in [5.41, 5.74) is 0.124. The summed E-state index contributed by atoms with van der Waals surface area (Å²) >= 11 is 0. The van der Waals surface area contributed by atoms with Gasteiger partial charge in [-0.05, 0) is 19.3 Å². The molecule has 0 aromatic carbocycles. The van der Waals surface area contributed by atoms with Gasteiger partial charge in [-0.25, -0.2) is 0 Å². The van der Waals surface area contributed by atoms with Gasteiger partial charge in [0.05, 0.1) is 0 Å². The Balaban J connectivity index is 4.33. The fraction of sp³-hybridized carbons (Fsp3) is 0.981. The highest BCUT2D eigenvalue weighted by Gasteiger charge is 2.27. The summed E-state index contributed by atoms with van der Waals surface area (Å²) in [5, 5.41) is 13.6. The molecule has 0 saturated heterocycles. The van der Waals surface area contributed by atoms with Crippen LogP contribution in [0.2, 0.25) is 0 Å². The van der Waals surface area contributed by atoms with Gasteiger partial charge in [0, 0.05) is 11.6 Å². The molecule has 1 N–H and O–H groups in total. The quantitative estimate of drug-likeness (QED) is 0.0285. The Morgan fingerprint density at radius 1 is 0.259 bits per heavy atom. The number of rotatable bonds is 48. The molecule has 0 bridgehead atoms. The Hall–Kier alpha value is -0.530. The predicted molar refractivity (Wildman–Crippen MR) is 247 cm³/mol. The van der Waals surface area contributed by atoms with Crippen LogP contribution in [0.25, 0.3) is 0 Å². The maximum absolute atomic E-state index is 9.84. The van der Waals surface area contributed by atoms with Crippen molar-refractivity contribution in [2.24, 2.45) is 10.6 Å². The van der Waals surface area contributed by atoms with E-state index in [9.17, 15) is 5.21 Å². The lowest BCUT2D eigenvalue weighted by molar-refractivity contribution is 0.271. The average Bonchev–Trinajstić information content (AvgIpc) is 3.18. The van der Waals surface area contributed by atoms with Crippen molar-refractivity contribution < 1.29 is 5.21 Å². The summed E-state index contributed by atoms with van der Waals surface area (Å²) in [7, 11) is 0. The zero-order valence-corrected chi connectivity index (χ0v) is 38.2. The van der Waals surface area contributed by atoms with Crippen molar-refractivity contribution >= 4 is 6.21 Å². The van der Waals surface area contributed by atoms with Crippen LogP contribution in [0.5, 0.6) is 0 Å². The number of hydrogen-bond donors (Lipinski definition) is 1. The van der Waals surface area contributed by atoms with Crippen molar-refractivity contribution in [1.82, 2.24) is 0 Å². The third-order valence-electron chi connectivity index (χ3n) is 12.9. The lowest BCUT2D eigenvalue weighted by Crippen LogP contribution is -2.23. The largest absolute Gasteiger partial charge is 0.411 e. The zero-order chi connectivity index (χ0) is 39.1. The normalized spacial score (nSPS) is 12.1. The molecular weight excluding hydrogens is 655 g/mol. The van der Waals surface area contributed by atoms with Gasteiger partial charge in [-0.3, -0.25) is 0 Å². The molecule has 2 nitrogen and oxygen atoms in total. The molecule has 0 unspecified atom stereocenters. The Labute approximate surface area is 343 Å². The Bertz CT molecular complexity index is 654.